The van der Waals surface area contributed by atoms with Crippen molar-refractivity contribution in [2.45, 2.75) is 19.9 Å². The molecule has 4 N–H and O–H groups in total. The Morgan fingerprint density at radius 3 is 2.38 bits per heavy atom. The fraction of sp³-hybridized carbons (Fsp3) is 0.400. The van der Waals surface area contributed by atoms with Crippen LogP contribution in [0.25, 0.3) is 0 Å². The molecule has 0 fully saturated rings. The molecule has 0 unspecified atom stereocenters. The van der Waals surface area contributed by atoms with Crippen molar-refractivity contribution in [1.82, 2.24) is 9.44 Å². The first-order chi connectivity index (χ1) is 7.53. The Hall–Kier alpha value is -1.11. The maximum absolute atomic E-state index is 11.4. The van der Waals surface area contributed by atoms with Gasteiger partial charge in [0, 0.05) is 18.8 Å². The number of benzene rings is 1. The molecular formula is C10H17N3O2S. The number of nitrogens with one attached hydrogen (secondary N) is 2. The Balaban J connectivity index is 2.48. The number of nitrogens with two attached hydrogens (primary N) is 1. The van der Waals surface area contributed by atoms with Crippen LogP contribution in [0.5, 0.6) is 0 Å². The summed E-state index contributed by atoms with van der Waals surface area (Å²) in [6.45, 7) is 2.61. The van der Waals surface area contributed by atoms with Crippen LogP contribution in [0.15, 0.2) is 24.3 Å². The second-order valence-electron chi connectivity index (χ2n) is 3.46. The molecule has 0 saturated carbocycles. The SMILES string of the molecule is CCCNS(=O)(=O)NCc1ccc(N)cc1. The largest absolute Gasteiger partial charge is 0.399 e. The highest BCUT2D eigenvalue weighted by Crippen LogP contribution is 2.04. The fourth-order valence-electron chi connectivity index (χ4n) is 1.10. The molecule has 0 spiro atoms. The molecule has 90 valence electrons. The zero-order valence-electron chi connectivity index (χ0n) is 9.23. The van der Waals surface area contributed by atoms with Gasteiger partial charge >= 0.3 is 0 Å². The van der Waals surface area contributed by atoms with Crippen molar-refractivity contribution in [2.75, 3.05) is 12.3 Å². The van der Waals surface area contributed by atoms with Crippen LogP contribution in [0, 0.1) is 0 Å². The van der Waals surface area contributed by atoms with Gasteiger partial charge in [-0.2, -0.15) is 13.1 Å². The lowest BCUT2D eigenvalue weighted by Crippen LogP contribution is -2.36. The lowest BCUT2D eigenvalue weighted by atomic mass is 10.2. The number of hydrogen-bond acceptors (Lipinski definition) is 3. The quantitative estimate of drug-likeness (QED) is 0.640. The number of rotatable bonds is 6. The fourth-order valence-corrected chi connectivity index (χ4v) is 2.03. The van der Waals surface area contributed by atoms with Crippen molar-refractivity contribution >= 4 is 15.9 Å². The summed E-state index contributed by atoms with van der Waals surface area (Å²) in [5, 5.41) is 0. The van der Waals surface area contributed by atoms with Crippen LogP contribution in [-0.2, 0) is 16.8 Å². The van der Waals surface area contributed by atoms with E-state index in [-0.39, 0.29) is 6.54 Å². The Labute approximate surface area is 96.2 Å². The third-order valence-electron chi connectivity index (χ3n) is 1.99. The van der Waals surface area contributed by atoms with Crippen molar-refractivity contribution in [1.29, 1.82) is 0 Å². The van der Waals surface area contributed by atoms with Crippen molar-refractivity contribution < 1.29 is 8.42 Å². The molecular weight excluding hydrogens is 226 g/mol. The Bertz CT molecular complexity index is 414. The van der Waals surface area contributed by atoms with Gasteiger partial charge in [0.05, 0.1) is 0 Å². The van der Waals surface area contributed by atoms with Gasteiger partial charge < -0.3 is 5.73 Å². The first kappa shape index (κ1) is 13.0. The van der Waals surface area contributed by atoms with Gasteiger partial charge in [0.1, 0.15) is 0 Å². The normalized spacial score (nSPS) is 11.6. The molecule has 1 aromatic carbocycles. The summed E-state index contributed by atoms with van der Waals surface area (Å²) in [5.74, 6) is 0. The second kappa shape index (κ2) is 5.83. The monoisotopic (exact) mass is 243 g/mol. The predicted molar refractivity (Wildman–Crippen MR) is 64.9 cm³/mol. The van der Waals surface area contributed by atoms with Crippen molar-refractivity contribution in [3.63, 3.8) is 0 Å². The smallest absolute Gasteiger partial charge is 0.277 e. The average Bonchev–Trinajstić information content (AvgIpc) is 2.26. The van der Waals surface area contributed by atoms with Gasteiger partial charge in [-0.25, -0.2) is 4.72 Å². The summed E-state index contributed by atoms with van der Waals surface area (Å²) in [4.78, 5) is 0. The molecule has 0 heterocycles. The molecule has 0 aliphatic carbocycles. The minimum absolute atomic E-state index is 0.263. The van der Waals surface area contributed by atoms with Crippen LogP contribution in [0.2, 0.25) is 0 Å². The summed E-state index contributed by atoms with van der Waals surface area (Å²) >= 11 is 0. The van der Waals surface area contributed by atoms with E-state index in [1.54, 1.807) is 24.3 Å². The highest BCUT2D eigenvalue weighted by Gasteiger charge is 2.07. The van der Waals surface area contributed by atoms with E-state index in [4.69, 9.17) is 5.73 Å². The van der Waals surface area contributed by atoms with E-state index in [2.05, 4.69) is 9.44 Å². The van der Waals surface area contributed by atoms with E-state index in [1.165, 1.54) is 0 Å². The van der Waals surface area contributed by atoms with E-state index in [1.807, 2.05) is 6.92 Å². The maximum Gasteiger partial charge on any atom is 0.277 e. The zero-order valence-corrected chi connectivity index (χ0v) is 10.0. The van der Waals surface area contributed by atoms with Crippen LogP contribution < -0.4 is 15.2 Å². The van der Waals surface area contributed by atoms with E-state index >= 15 is 0 Å². The molecule has 1 rings (SSSR count). The zero-order chi connectivity index (χ0) is 12.0. The molecule has 1 aromatic rings. The standard InChI is InChI=1S/C10H17N3O2S/c1-2-7-12-16(14,15)13-8-9-3-5-10(11)6-4-9/h3-6,12-13H,2,7-8,11H2,1H3. The minimum atomic E-state index is -3.38. The third kappa shape index (κ3) is 4.61. The van der Waals surface area contributed by atoms with Crippen LogP contribution >= 0.6 is 0 Å². The predicted octanol–water partition coefficient (Wildman–Crippen LogP) is 0.603. The van der Waals surface area contributed by atoms with Crippen molar-refractivity contribution in [2.24, 2.45) is 0 Å². The van der Waals surface area contributed by atoms with Gasteiger partial charge in [0.15, 0.2) is 0 Å². The first-order valence-corrected chi connectivity index (χ1v) is 6.60. The van der Waals surface area contributed by atoms with Crippen molar-refractivity contribution in [3.05, 3.63) is 29.8 Å². The maximum atomic E-state index is 11.4. The molecule has 5 nitrogen and oxygen atoms in total. The molecule has 0 aliphatic rings. The molecule has 0 aliphatic heterocycles. The van der Waals surface area contributed by atoms with E-state index in [0.717, 1.165) is 12.0 Å². The molecule has 0 radical (unpaired) electrons. The Morgan fingerprint density at radius 2 is 1.81 bits per heavy atom. The second-order valence-corrected chi connectivity index (χ2v) is 5.04. The van der Waals surface area contributed by atoms with Crippen molar-refractivity contribution in [3.8, 4) is 0 Å². The van der Waals surface area contributed by atoms with Gasteiger partial charge in [0.2, 0.25) is 0 Å². The summed E-state index contributed by atoms with van der Waals surface area (Å²) in [6, 6.07) is 7.06. The minimum Gasteiger partial charge on any atom is -0.399 e. The van der Waals surface area contributed by atoms with Gasteiger partial charge in [0.25, 0.3) is 10.2 Å². The van der Waals surface area contributed by atoms with Gasteiger partial charge in [-0.3, -0.25) is 0 Å². The molecule has 0 atom stereocenters. The van der Waals surface area contributed by atoms with Crippen LogP contribution in [0.3, 0.4) is 0 Å². The molecule has 0 aromatic heterocycles. The lowest BCUT2D eigenvalue weighted by Gasteiger charge is -2.07. The summed E-state index contributed by atoms with van der Waals surface area (Å²) in [7, 11) is -3.38. The highest BCUT2D eigenvalue weighted by molar-refractivity contribution is 7.87. The first-order valence-electron chi connectivity index (χ1n) is 5.12. The molecule has 0 saturated heterocycles. The number of hydrogen-bond donors (Lipinski definition) is 3. The summed E-state index contributed by atoms with van der Waals surface area (Å²) < 4.78 is 27.6. The van der Waals surface area contributed by atoms with E-state index < -0.39 is 10.2 Å². The lowest BCUT2D eigenvalue weighted by molar-refractivity contribution is 0.565. The van der Waals surface area contributed by atoms with Gasteiger partial charge in [-0.15, -0.1) is 0 Å². The van der Waals surface area contributed by atoms with Crippen LogP contribution in [0.4, 0.5) is 5.69 Å². The molecule has 6 heteroatoms. The molecule has 16 heavy (non-hydrogen) atoms. The van der Waals surface area contributed by atoms with E-state index in [9.17, 15) is 8.42 Å². The Kier molecular flexibility index (Phi) is 4.72. The third-order valence-corrected chi connectivity index (χ3v) is 3.10. The topological polar surface area (TPSA) is 84.2 Å². The number of anilines is 1. The highest BCUT2D eigenvalue weighted by atomic mass is 32.2. The molecule has 0 amide bonds. The van der Waals surface area contributed by atoms with E-state index in [0.29, 0.717) is 12.2 Å². The average molecular weight is 243 g/mol. The van der Waals surface area contributed by atoms with Crippen LogP contribution in [-0.4, -0.2) is 15.0 Å². The van der Waals surface area contributed by atoms with Gasteiger partial charge in [-0.05, 0) is 24.1 Å². The Morgan fingerprint density at radius 1 is 1.19 bits per heavy atom. The molecule has 0 bridgehead atoms. The summed E-state index contributed by atoms with van der Waals surface area (Å²) in [6.07, 6.45) is 0.767. The number of nitrogen functional groups attached to an aromatic ring is 1. The van der Waals surface area contributed by atoms with Gasteiger partial charge in [-0.1, -0.05) is 19.1 Å². The summed E-state index contributed by atoms with van der Waals surface area (Å²) in [5.41, 5.74) is 7.06. The van der Waals surface area contributed by atoms with Crippen LogP contribution in [0.1, 0.15) is 18.9 Å².